The molecule has 0 aliphatic carbocycles. The SMILES string of the molecule is CCCCCCCC/C=C\CCCCCCCCCCCCCC(=O)OC(CC)CCCCCCCCCCCC(=O)O. The summed E-state index contributed by atoms with van der Waals surface area (Å²) in [5.41, 5.74) is 0. The molecule has 1 atom stereocenters. The molecule has 0 saturated heterocycles. The highest BCUT2D eigenvalue weighted by molar-refractivity contribution is 5.69. The van der Waals surface area contributed by atoms with E-state index >= 15 is 0 Å². The van der Waals surface area contributed by atoms with Crippen LogP contribution in [0.25, 0.3) is 0 Å². The molecule has 0 rings (SSSR count). The van der Waals surface area contributed by atoms with E-state index in [1.54, 1.807) is 0 Å². The molecule has 43 heavy (non-hydrogen) atoms. The highest BCUT2D eigenvalue weighted by atomic mass is 16.5. The lowest BCUT2D eigenvalue weighted by atomic mass is 10.0. The number of carboxylic acid groups (broad SMARTS) is 1. The zero-order valence-electron chi connectivity index (χ0n) is 29.0. The van der Waals surface area contributed by atoms with E-state index in [2.05, 4.69) is 26.0 Å². The molecule has 0 bridgehead atoms. The summed E-state index contributed by atoms with van der Waals surface area (Å²) in [5.74, 6) is -0.677. The molecule has 0 spiro atoms. The minimum absolute atomic E-state index is 0.00282. The second kappa shape index (κ2) is 35.2. The molecule has 254 valence electrons. The molecule has 1 N–H and O–H groups in total. The number of aliphatic carboxylic acids is 1. The third kappa shape index (κ3) is 35.0. The maximum absolute atomic E-state index is 12.3. The maximum Gasteiger partial charge on any atom is 0.306 e. The van der Waals surface area contributed by atoms with E-state index in [0.717, 1.165) is 51.4 Å². The molecular weight excluding hydrogens is 532 g/mol. The second-order valence-corrected chi connectivity index (χ2v) is 13.1. The van der Waals surface area contributed by atoms with Crippen molar-refractivity contribution in [2.45, 2.75) is 225 Å². The van der Waals surface area contributed by atoms with Gasteiger partial charge in [0.2, 0.25) is 0 Å². The fraction of sp³-hybridized carbons (Fsp3) is 0.897. The van der Waals surface area contributed by atoms with Crippen molar-refractivity contribution in [3.05, 3.63) is 12.2 Å². The normalized spacial score (nSPS) is 12.2. The van der Waals surface area contributed by atoms with Crippen LogP contribution >= 0.6 is 0 Å². The maximum atomic E-state index is 12.3. The van der Waals surface area contributed by atoms with Crippen LogP contribution in [0.15, 0.2) is 12.2 Å². The number of hydrogen-bond acceptors (Lipinski definition) is 3. The van der Waals surface area contributed by atoms with Gasteiger partial charge in [-0.25, -0.2) is 0 Å². The molecule has 0 aliphatic heterocycles. The van der Waals surface area contributed by atoms with E-state index in [-0.39, 0.29) is 12.1 Å². The molecule has 0 fully saturated rings. The summed E-state index contributed by atoms with van der Waals surface area (Å²) in [6.07, 6.45) is 43.2. The Kier molecular flexibility index (Phi) is 34.1. The van der Waals surface area contributed by atoms with Crippen LogP contribution in [-0.2, 0) is 14.3 Å². The second-order valence-electron chi connectivity index (χ2n) is 13.1. The van der Waals surface area contributed by atoms with Gasteiger partial charge in [-0.05, 0) is 57.8 Å². The minimum Gasteiger partial charge on any atom is -0.481 e. The Labute approximate surface area is 268 Å². The summed E-state index contributed by atoms with van der Waals surface area (Å²) >= 11 is 0. The van der Waals surface area contributed by atoms with Gasteiger partial charge in [0.1, 0.15) is 6.10 Å². The molecule has 1 unspecified atom stereocenters. The van der Waals surface area contributed by atoms with Crippen molar-refractivity contribution in [1.29, 1.82) is 0 Å². The quantitative estimate of drug-likeness (QED) is 0.0443. The monoisotopic (exact) mass is 607 g/mol. The van der Waals surface area contributed by atoms with E-state index in [4.69, 9.17) is 9.84 Å². The van der Waals surface area contributed by atoms with Gasteiger partial charge in [0.15, 0.2) is 0 Å². The van der Waals surface area contributed by atoms with Gasteiger partial charge in [-0.1, -0.05) is 161 Å². The number of carbonyl (C=O) groups excluding carboxylic acids is 1. The van der Waals surface area contributed by atoms with E-state index in [0.29, 0.717) is 12.8 Å². The molecule has 0 heterocycles. The average molecular weight is 607 g/mol. The molecular formula is C39H74O4. The number of hydrogen-bond donors (Lipinski definition) is 1. The summed E-state index contributed by atoms with van der Waals surface area (Å²) < 4.78 is 5.76. The zero-order chi connectivity index (χ0) is 31.5. The van der Waals surface area contributed by atoms with Crippen molar-refractivity contribution in [2.75, 3.05) is 0 Å². The lowest BCUT2D eigenvalue weighted by molar-refractivity contribution is -0.149. The van der Waals surface area contributed by atoms with Gasteiger partial charge < -0.3 is 9.84 Å². The van der Waals surface area contributed by atoms with Crippen LogP contribution in [0.3, 0.4) is 0 Å². The van der Waals surface area contributed by atoms with Gasteiger partial charge in [0.25, 0.3) is 0 Å². The Morgan fingerprint density at radius 1 is 0.512 bits per heavy atom. The van der Waals surface area contributed by atoms with Gasteiger partial charge >= 0.3 is 11.9 Å². The number of rotatable bonds is 35. The van der Waals surface area contributed by atoms with Crippen LogP contribution in [0.5, 0.6) is 0 Å². The van der Waals surface area contributed by atoms with Crippen LogP contribution in [0.4, 0.5) is 0 Å². The van der Waals surface area contributed by atoms with Crippen LogP contribution in [0, 0.1) is 0 Å². The minimum atomic E-state index is -0.680. The first-order valence-corrected chi connectivity index (χ1v) is 19.2. The van der Waals surface area contributed by atoms with Gasteiger partial charge in [-0.3, -0.25) is 9.59 Å². The lowest BCUT2D eigenvalue weighted by Gasteiger charge is -2.16. The molecule has 4 heteroatoms. The molecule has 0 amide bonds. The van der Waals surface area contributed by atoms with Crippen molar-refractivity contribution in [1.82, 2.24) is 0 Å². The largest absolute Gasteiger partial charge is 0.481 e. The molecule has 0 aromatic heterocycles. The van der Waals surface area contributed by atoms with E-state index in [1.165, 1.54) is 141 Å². The smallest absolute Gasteiger partial charge is 0.306 e. The van der Waals surface area contributed by atoms with E-state index in [9.17, 15) is 9.59 Å². The topological polar surface area (TPSA) is 63.6 Å². The van der Waals surface area contributed by atoms with Crippen molar-refractivity contribution < 1.29 is 19.4 Å². The Hall–Kier alpha value is -1.32. The van der Waals surface area contributed by atoms with Gasteiger partial charge in [0, 0.05) is 12.8 Å². The Morgan fingerprint density at radius 3 is 1.30 bits per heavy atom. The van der Waals surface area contributed by atoms with E-state index in [1.807, 2.05) is 0 Å². The van der Waals surface area contributed by atoms with E-state index < -0.39 is 5.97 Å². The Balaban J connectivity index is 3.39. The summed E-state index contributed by atoms with van der Waals surface area (Å²) in [6, 6.07) is 0. The number of allylic oxidation sites excluding steroid dienone is 2. The van der Waals surface area contributed by atoms with Gasteiger partial charge in [-0.2, -0.15) is 0 Å². The van der Waals surface area contributed by atoms with Crippen LogP contribution in [0.2, 0.25) is 0 Å². The highest BCUT2D eigenvalue weighted by Crippen LogP contribution is 2.17. The van der Waals surface area contributed by atoms with Crippen LogP contribution < -0.4 is 0 Å². The molecule has 0 saturated carbocycles. The molecule has 0 aromatic rings. The number of esters is 1. The third-order valence-electron chi connectivity index (χ3n) is 8.81. The van der Waals surface area contributed by atoms with Gasteiger partial charge in [-0.15, -0.1) is 0 Å². The fourth-order valence-electron chi connectivity index (χ4n) is 5.88. The fourth-order valence-corrected chi connectivity index (χ4v) is 5.88. The average Bonchev–Trinajstić information content (AvgIpc) is 2.99. The third-order valence-corrected chi connectivity index (χ3v) is 8.81. The van der Waals surface area contributed by atoms with Crippen molar-refractivity contribution in [3.8, 4) is 0 Å². The first-order valence-electron chi connectivity index (χ1n) is 19.2. The number of carbonyl (C=O) groups is 2. The van der Waals surface area contributed by atoms with Gasteiger partial charge in [0.05, 0.1) is 0 Å². The summed E-state index contributed by atoms with van der Waals surface area (Å²) in [4.78, 5) is 22.8. The predicted octanol–water partition coefficient (Wildman–Crippen LogP) is 13.1. The molecule has 0 radical (unpaired) electrons. The Morgan fingerprint density at radius 2 is 0.884 bits per heavy atom. The van der Waals surface area contributed by atoms with Crippen LogP contribution in [-0.4, -0.2) is 23.1 Å². The first kappa shape index (κ1) is 41.7. The highest BCUT2D eigenvalue weighted by Gasteiger charge is 2.12. The summed E-state index contributed by atoms with van der Waals surface area (Å²) in [7, 11) is 0. The zero-order valence-corrected chi connectivity index (χ0v) is 29.0. The Bertz CT molecular complexity index is 614. The van der Waals surface area contributed by atoms with Crippen LogP contribution in [0.1, 0.15) is 219 Å². The number of unbranched alkanes of at least 4 members (excludes halogenated alkanes) is 25. The molecule has 4 nitrogen and oxygen atoms in total. The molecule has 0 aromatic carbocycles. The van der Waals surface area contributed by atoms with Crippen molar-refractivity contribution in [3.63, 3.8) is 0 Å². The summed E-state index contributed by atoms with van der Waals surface area (Å²) in [5, 5.41) is 8.66. The lowest BCUT2D eigenvalue weighted by Crippen LogP contribution is -2.17. The summed E-state index contributed by atoms with van der Waals surface area (Å²) in [6.45, 7) is 4.41. The number of ether oxygens (including phenoxy) is 1. The standard InChI is InChI=1S/C39H74O4/c1-3-5-6-7-8-9-10-11-12-13-14-15-16-17-18-19-20-24-27-30-33-36-39(42)43-37(4-2)34-31-28-25-22-21-23-26-29-32-35-38(40)41/h11-12,37H,3-10,13-36H2,1-2H3,(H,40,41)/b12-11-. The predicted molar refractivity (Wildman–Crippen MR) is 186 cm³/mol. The number of carboxylic acids is 1. The molecule has 0 aliphatic rings. The van der Waals surface area contributed by atoms with Crippen molar-refractivity contribution in [2.24, 2.45) is 0 Å². The van der Waals surface area contributed by atoms with Crippen molar-refractivity contribution >= 4 is 11.9 Å². The first-order chi connectivity index (χ1) is 21.1.